The summed E-state index contributed by atoms with van der Waals surface area (Å²) >= 11 is 0. The minimum atomic E-state index is -0.108. The van der Waals surface area contributed by atoms with Gasteiger partial charge in [-0.2, -0.15) is 0 Å². The molecule has 0 rings (SSSR count). The number of halogens is 1. The molecule has 5 heteroatoms. The number of rotatable bonds is 3. The number of hydrogen-bond donors (Lipinski definition) is 1. The van der Waals surface area contributed by atoms with E-state index in [1.54, 1.807) is 21.0 Å². The van der Waals surface area contributed by atoms with Crippen LogP contribution < -0.4 is 0 Å². The van der Waals surface area contributed by atoms with Gasteiger partial charge in [0.15, 0.2) is 5.90 Å². The zero-order valence-electron chi connectivity index (χ0n) is 7.59. The normalized spacial score (nSPS) is 8.25. The average molecular weight is 195 g/mol. The maximum atomic E-state index is 10.9. The molecule has 0 aromatic rings. The molecule has 0 bridgehead atoms. The number of ether oxygens (including phenoxy) is 1. The summed E-state index contributed by atoms with van der Waals surface area (Å²) < 4.78 is 4.80. The van der Waals surface area contributed by atoms with E-state index in [1.165, 1.54) is 4.90 Å². The van der Waals surface area contributed by atoms with Gasteiger partial charge < -0.3 is 9.64 Å². The molecule has 0 atom stereocenters. The standard InChI is InChI=1S/C7H14N2O2.ClH/c1-4-11-6(8)5-7(10)9(2)3;/h8H,4-5H2,1-3H3;1H. The van der Waals surface area contributed by atoms with Crippen LogP contribution in [0.1, 0.15) is 13.3 Å². The van der Waals surface area contributed by atoms with E-state index < -0.39 is 0 Å². The van der Waals surface area contributed by atoms with Crippen molar-refractivity contribution in [1.82, 2.24) is 4.90 Å². The maximum Gasteiger partial charge on any atom is 0.231 e. The molecule has 12 heavy (non-hydrogen) atoms. The van der Waals surface area contributed by atoms with Crippen molar-refractivity contribution in [3.63, 3.8) is 0 Å². The van der Waals surface area contributed by atoms with E-state index in [0.29, 0.717) is 6.61 Å². The van der Waals surface area contributed by atoms with E-state index in [1.807, 2.05) is 0 Å². The second-order valence-electron chi connectivity index (χ2n) is 2.32. The Bertz CT molecular complexity index is 159. The van der Waals surface area contributed by atoms with Gasteiger partial charge in [0.2, 0.25) is 5.91 Å². The van der Waals surface area contributed by atoms with Crippen LogP contribution in [-0.2, 0) is 9.53 Å². The molecule has 0 aliphatic carbocycles. The molecule has 1 N–H and O–H groups in total. The molecule has 4 nitrogen and oxygen atoms in total. The number of nitrogens with one attached hydrogen (secondary N) is 1. The van der Waals surface area contributed by atoms with Gasteiger partial charge in [0.05, 0.1) is 6.61 Å². The molecular weight excluding hydrogens is 180 g/mol. The number of carbonyl (C=O) groups excluding carboxylic acids is 1. The van der Waals surface area contributed by atoms with Crippen molar-refractivity contribution in [2.75, 3.05) is 20.7 Å². The smallest absolute Gasteiger partial charge is 0.231 e. The van der Waals surface area contributed by atoms with Crippen LogP contribution >= 0.6 is 12.4 Å². The fourth-order valence-corrected chi connectivity index (χ4v) is 0.521. The lowest BCUT2D eigenvalue weighted by molar-refractivity contribution is -0.127. The number of amides is 1. The molecule has 0 aromatic carbocycles. The van der Waals surface area contributed by atoms with Crippen molar-refractivity contribution in [2.24, 2.45) is 0 Å². The lowest BCUT2D eigenvalue weighted by Gasteiger charge is -2.10. The zero-order chi connectivity index (χ0) is 8.85. The maximum absolute atomic E-state index is 10.9. The molecule has 0 unspecified atom stereocenters. The van der Waals surface area contributed by atoms with Gasteiger partial charge in [0.25, 0.3) is 0 Å². The van der Waals surface area contributed by atoms with Crippen molar-refractivity contribution >= 4 is 24.2 Å². The summed E-state index contributed by atoms with van der Waals surface area (Å²) in [6.45, 7) is 2.23. The van der Waals surface area contributed by atoms with Gasteiger partial charge in [0, 0.05) is 14.1 Å². The Morgan fingerprint density at radius 3 is 2.33 bits per heavy atom. The SMILES string of the molecule is CCOC(=N)CC(=O)N(C)C.Cl. The second kappa shape index (κ2) is 6.91. The minimum absolute atomic E-state index is 0. The van der Waals surface area contributed by atoms with Gasteiger partial charge in [-0.05, 0) is 6.92 Å². The Morgan fingerprint density at radius 2 is 2.00 bits per heavy atom. The number of carbonyl (C=O) groups is 1. The van der Waals surface area contributed by atoms with Crippen LogP contribution in [0.3, 0.4) is 0 Å². The van der Waals surface area contributed by atoms with Crippen LogP contribution in [-0.4, -0.2) is 37.4 Å². The summed E-state index contributed by atoms with van der Waals surface area (Å²) in [6.07, 6.45) is 0.0564. The highest BCUT2D eigenvalue weighted by Gasteiger charge is 2.07. The molecule has 0 aliphatic rings. The first kappa shape index (κ1) is 13.8. The van der Waals surface area contributed by atoms with Gasteiger partial charge >= 0.3 is 0 Å². The van der Waals surface area contributed by atoms with Gasteiger partial charge in [-0.15, -0.1) is 12.4 Å². The Kier molecular flexibility index (Phi) is 7.94. The third-order valence-electron chi connectivity index (χ3n) is 1.13. The Labute approximate surface area is 78.8 Å². The van der Waals surface area contributed by atoms with E-state index in [2.05, 4.69) is 0 Å². The third-order valence-corrected chi connectivity index (χ3v) is 1.13. The van der Waals surface area contributed by atoms with E-state index in [-0.39, 0.29) is 30.6 Å². The number of nitrogens with zero attached hydrogens (tertiary/aromatic N) is 1. The molecule has 0 radical (unpaired) electrons. The Balaban J connectivity index is 0. The van der Waals surface area contributed by atoms with Crippen molar-refractivity contribution < 1.29 is 9.53 Å². The molecular formula is C7H15ClN2O2. The third kappa shape index (κ3) is 5.97. The van der Waals surface area contributed by atoms with Crippen LogP contribution in [0.4, 0.5) is 0 Å². The van der Waals surface area contributed by atoms with E-state index >= 15 is 0 Å². The van der Waals surface area contributed by atoms with Crippen LogP contribution in [0.25, 0.3) is 0 Å². The van der Waals surface area contributed by atoms with Crippen LogP contribution in [0, 0.1) is 5.41 Å². The predicted octanol–water partition coefficient (Wildman–Crippen LogP) is 0.900. The molecule has 0 spiro atoms. The molecule has 0 fully saturated rings. The summed E-state index contributed by atoms with van der Waals surface area (Å²) in [5.41, 5.74) is 0. The van der Waals surface area contributed by atoms with E-state index in [0.717, 1.165) is 0 Å². The van der Waals surface area contributed by atoms with Crippen molar-refractivity contribution in [3.8, 4) is 0 Å². The first-order chi connectivity index (χ1) is 5.07. The minimum Gasteiger partial charge on any atom is -0.481 e. The summed E-state index contributed by atoms with van der Waals surface area (Å²) in [4.78, 5) is 12.4. The van der Waals surface area contributed by atoms with Gasteiger partial charge in [-0.3, -0.25) is 10.2 Å². The highest BCUT2D eigenvalue weighted by Crippen LogP contribution is 1.90. The first-order valence-corrected chi connectivity index (χ1v) is 3.48. The van der Waals surface area contributed by atoms with Gasteiger partial charge in [-0.25, -0.2) is 0 Å². The lowest BCUT2D eigenvalue weighted by atomic mass is 10.4. The molecule has 1 amide bonds. The predicted molar refractivity (Wildman–Crippen MR) is 49.9 cm³/mol. The molecule has 0 saturated carbocycles. The molecule has 0 aliphatic heterocycles. The highest BCUT2D eigenvalue weighted by molar-refractivity contribution is 5.95. The fraction of sp³-hybridized carbons (Fsp3) is 0.714. The van der Waals surface area contributed by atoms with E-state index in [4.69, 9.17) is 10.1 Å². The van der Waals surface area contributed by atoms with Gasteiger partial charge in [-0.1, -0.05) is 0 Å². The first-order valence-electron chi connectivity index (χ1n) is 3.48. The summed E-state index contributed by atoms with van der Waals surface area (Å²) in [5, 5.41) is 7.14. The monoisotopic (exact) mass is 194 g/mol. The molecule has 72 valence electrons. The summed E-state index contributed by atoms with van der Waals surface area (Å²) in [6, 6.07) is 0. The van der Waals surface area contributed by atoms with Crippen molar-refractivity contribution in [1.29, 1.82) is 5.41 Å². The lowest BCUT2D eigenvalue weighted by Crippen LogP contribution is -2.24. The highest BCUT2D eigenvalue weighted by atomic mass is 35.5. The number of hydrogen-bond acceptors (Lipinski definition) is 3. The Hall–Kier alpha value is -0.770. The van der Waals surface area contributed by atoms with Crippen LogP contribution in [0.5, 0.6) is 0 Å². The molecule has 0 saturated heterocycles. The zero-order valence-corrected chi connectivity index (χ0v) is 8.40. The molecule has 0 heterocycles. The summed E-state index contributed by atoms with van der Waals surface area (Å²) in [5.74, 6) is -0.0744. The fourth-order valence-electron chi connectivity index (χ4n) is 0.521. The largest absolute Gasteiger partial charge is 0.481 e. The van der Waals surface area contributed by atoms with E-state index in [9.17, 15) is 4.79 Å². The van der Waals surface area contributed by atoms with Crippen LogP contribution in [0.15, 0.2) is 0 Å². The van der Waals surface area contributed by atoms with Crippen molar-refractivity contribution in [2.45, 2.75) is 13.3 Å². The van der Waals surface area contributed by atoms with Crippen molar-refractivity contribution in [3.05, 3.63) is 0 Å². The molecule has 0 aromatic heterocycles. The van der Waals surface area contributed by atoms with Crippen LogP contribution in [0.2, 0.25) is 0 Å². The summed E-state index contributed by atoms with van der Waals surface area (Å²) in [7, 11) is 3.31. The average Bonchev–Trinajstić information content (AvgIpc) is 1.87. The Morgan fingerprint density at radius 1 is 1.50 bits per heavy atom. The second-order valence-corrected chi connectivity index (χ2v) is 2.32. The quantitative estimate of drug-likeness (QED) is 0.536. The topological polar surface area (TPSA) is 53.4 Å². The van der Waals surface area contributed by atoms with Gasteiger partial charge in [0.1, 0.15) is 6.42 Å².